The molecule has 1 aliphatic rings. The van der Waals surface area contributed by atoms with Crippen LogP contribution in [0.25, 0.3) is 11.0 Å². The summed E-state index contributed by atoms with van der Waals surface area (Å²) >= 11 is 0. The molecule has 3 aromatic rings. The molecule has 0 aliphatic carbocycles. The molecule has 5 nitrogen and oxygen atoms in total. The van der Waals surface area contributed by atoms with Crippen molar-refractivity contribution in [3.8, 4) is 5.75 Å². The van der Waals surface area contributed by atoms with Crippen molar-refractivity contribution in [3.63, 3.8) is 0 Å². The fourth-order valence-corrected chi connectivity index (χ4v) is 4.07. The number of nitrogens with one attached hydrogen (secondary N) is 1. The van der Waals surface area contributed by atoms with E-state index >= 15 is 0 Å². The number of para-hydroxylation sites is 2. The molecule has 1 unspecified atom stereocenters. The quantitative estimate of drug-likeness (QED) is 0.704. The number of aromatic amines is 1. The van der Waals surface area contributed by atoms with Gasteiger partial charge in [0.25, 0.3) is 0 Å². The molecule has 146 valence electrons. The van der Waals surface area contributed by atoms with Crippen LogP contribution in [-0.2, 0) is 11.2 Å². The van der Waals surface area contributed by atoms with Crippen LogP contribution >= 0.6 is 0 Å². The number of likely N-dealkylation sites (tertiary alicyclic amines) is 1. The van der Waals surface area contributed by atoms with Gasteiger partial charge in [-0.25, -0.2) is 4.98 Å². The molecule has 5 heteroatoms. The number of methoxy groups -OCH3 is 1. The molecule has 1 fully saturated rings. The Balaban J connectivity index is 1.47. The van der Waals surface area contributed by atoms with Gasteiger partial charge in [-0.15, -0.1) is 0 Å². The fraction of sp³-hybridized carbons (Fsp3) is 0.391. The molecule has 1 aromatic heterocycles. The summed E-state index contributed by atoms with van der Waals surface area (Å²) in [5.41, 5.74) is 3.17. The first-order valence-corrected chi connectivity index (χ1v) is 10.1. The maximum absolute atomic E-state index is 13.1. The lowest BCUT2D eigenvalue weighted by molar-refractivity contribution is -0.133. The van der Waals surface area contributed by atoms with Gasteiger partial charge in [0.15, 0.2) is 0 Å². The Morgan fingerprint density at radius 1 is 1.14 bits per heavy atom. The second-order valence-corrected chi connectivity index (χ2v) is 7.43. The largest absolute Gasteiger partial charge is 0.497 e. The highest BCUT2D eigenvalue weighted by Crippen LogP contribution is 2.31. The zero-order valence-electron chi connectivity index (χ0n) is 16.4. The van der Waals surface area contributed by atoms with Crippen LogP contribution in [0.2, 0.25) is 0 Å². The highest BCUT2D eigenvalue weighted by molar-refractivity contribution is 5.78. The zero-order chi connectivity index (χ0) is 19.3. The van der Waals surface area contributed by atoms with Crippen LogP contribution in [0.15, 0.2) is 48.5 Å². The van der Waals surface area contributed by atoms with Gasteiger partial charge in [-0.05, 0) is 42.7 Å². The first-order chi connectivity index (χ1) is 13.7. The van der Waals surface area contributed by atoms with E-state index in [4.69, 9.17) is 4.74 Å². The molecule has 0 bridgehead atoms. The summed E-state index contributed by atoms with van der Waals surface area (Å²) in [6.45, 7) is 0.829. The Morgan fingerprint density at radius 2 is 1.96 bits per heavy atom. The molecular weight excluding hydrogens is 350 g/mol. The van der Waals surface area contributed by atoms with Crippen LogP contribution in [-0.4, -0.2) is 34.4 Å². The minimum Gasteiger partial charge on any atom is -0.497 e. The van der Waals surface area contributed by atoms with Gasteiger partial charge in [0.1, 0.15) is 11.6 Å². The van der Waals surface area contributed by atoms with Crippen molar-refractivity contribution in [2.75, 3.05) is 13.7 Å². The number of hydrogen-bond donors (Lipinski definition) is 1. The van der Waals surface area contributed by atoms with Crippen molar-refractivity contribution in [2.45, 2.75) is 44.6 Å². The van der Waals surface area contributed by atoms with E-state index in [1.165, 1.54) is 12.0 Å². The summed E-state index contributed by atoms with van der Waals surface area (Å²) in [5.74, 6) is 1.94. The number of nitrogens with zero attached hydrogens (tertiary/aromatic N) is 2. The second-order valence-electron chi connectivity index (χ2n) is 7.43. The number of ether oxygens (including phenoxy) is 1. The molecule has 1 aliphatic heterocycles. The highest BCUT2D eigenvalue weighted by atomic mass is 16.5. The molecule has 2 heterocycles. The lowest BCUT2D eigenvalue weighted by atomic mass is 10.00. The minimum atomic E-state index is 0.150. The summed E-state index contributed by atoms with van der Waals surface area (Å²) in [6, 6.07) is 16.3. The van der Waals surface area contributed by atoms with Crippen molar-refractivity contribution < 1.29 is 9.53 Å². The summed E-state index contributed by atoms with van der Waals surface area (Å²) in [7, 11) is 1.68. The van der Waals surface area contributed by atoms with E-state index in [0.29, 0.717) is 12.8 Å². The summed E-state index contributed by atoms with van der Waals surface area (Å²) in [6.07, 6.45) is 5.54. The van der Waals surface area contributed by atoms with Crippen molar-refractivity contribution in [2.24, 2.45) is 0 Å². The van der Waals surface area contributed by atoms with E-state index in [1.807, 2.05) is 36.4 Å². The minimum absolute atomic E-state index is 0.150. The molecule has 1 amide bonds. The van der Waals surface area contributed by atoms with Gasteiger partial charge >= 0.3 is 0 Å². The summed E-state index contributed by atoms with van der Waals surface area (Å²) < 4.78 is 5.28. The monoisotopic (exact) mass is 377 g/mol. The molecule has 1 saturated heterocycles. The maximum Gasteiger partial charge on any atom is 0.223 e. The average molecular weight is 377 g/mol. The average Bonchev–Trinajstić information content (AvgIpc) is 2.99. The predicted octanol–water partition coefficient (Wildman–Crippen LogP) is 4.65. The van der Waals surface area contributed by atoms with Gasteiger partial charge in [-0.1, -0.05) is 37.1 Å². The number of benzene rings is 2. The third kappa shape index (κ3) is 4.03. The molecule has 4 rings (SSSR count). The molecule has 0 radical (unpaired) electrons. The van der Waals surface area contributed by atoms with Crippen LogP contribution in [0.1, 0.15) is 49.5 Å². The van der Waals surface area contributed by atoms with Gasteiger partial charge in [-0.2, -0.15) is 0 Å². The number of aromatic nitrogens is 2. The van der Waals surface area contributed by atoms with E-state index < -0.39 is 0 Å². The number of amides is 1. The van der Waals surface area contributed by atoms with E-state index in [-0.39, 0.29) is 11.9 Å². The van der Waals surface area contributed by atoms with Gasteiger partial charge in [0.05, 0.1) is 24.2 Å². The van der Waals surface area contributed by atoms with E-state index in [9.17, 15) is 4.79 Å². The van der Waals surface area contributed by atoms with Crippen LogP contribution in [0.5, 0.6) is 5.75 Å². The molecule has 28 heavy (non-hydrogen) atoms. The number of carbonyl (C=O) groups is 1. The van der Waals surface area contributed by atoms with Gasteiger partial charge in [0.2, 0.25) is 5.91 Å². The lowest BCUT2D eigenvalue weighted by Crippen LogP contribution is -2.35. The molecule has 0 saturated carbocycles. The maximum atomic E-state index is 13.1. The number of hydrogen-bond acceptors (Lipinski definition) is 3. The SMILES string of the molecule is COc1ccc(C2CCCCCN2C(=O)CCc2nc3ccccc3[nH]2)cc1. The second kappa shape index (κ2) is 8.46. The first-order valence-electron chi connectivity index (χ1n) is 10.1. The Kier molecular flexibility index (Phi) is 5.60. The van der Waals surface area contributed by atoms with E-state index in [2.05, 4.69) is 27.0 Å². The Morgan fingerprint density at radius 3 is 2.75 bits per heavy atom. The Hall–Kier alpha value is -2.82. The van der Waals surface area contributed by atoms with Crippen LogP contribution < -0.4 is 4.74 Å². The third-order valence-corrected chi connectivity index (χ3v) is 5.59. The van der Waals surface area contributed by atoms with Crippen LogP contribution in [0.3, 0.4) is 0 Å². The topological polar surface area (TPSA) is 58.2 Å². The predicted molar refractivity (Wildman–Crippen MR) is 110 cm³/mol. The van der Waals surface area contributed by atoms with E-state index in [0.717, 1.165) is 48.4 Å². The molecule has 2 aromatic carbocycles. The third-order valence-electron chi connectivity index (χ3n) is 5.59. The van der Waals surface area contributed by atoms with Crippen LogP contribution in [0, 0.1) is 0 Å². The van der Waals surface area contributed by atoms with Crippen LogP contribution in [0.4, 0.5) is 0 Å². The standard InChI is InChI=1S/C23H27N3O2/c1-28-18-12-10-17(11-13-18)21-9-3-2-6-16-26(21)23(27)15-14-22-24-19-7-4-5-8-20(19)25-22/h4-5,7-8,10-13,21H,2-3,6,9,14-16H2,1H3,(H,24,25). The van der Waals surface area contributed by atoms with Gasteiger partial charge in [0, 0.05) is 19.4 Å². The molecule has 0 spiro atoms. The van der Waals surface area contributed by atoms with Crippen molar-refractivity contribution in [1.29, 1.82) is 0 Å². The molecule has 1 atom stereocenters. The zero-order valence-corrected chi connectivity index (χ0v) is 16.4. The van der Waals surface area contributed by atoms with Crippen molar-refractivity contribution >= 4 is 16.9 Å². The normalized spacial score (nSPS) is 17.5. The highest BCUT2D eigenvalue weighted by Gasteiger charge is 2.26. The smallest absolute Gasteiger partial charge is 0.223 e. The number of carbonyl (C=O) groups excluding carboxylic acids is 1. The Labute approximate surface area is 165 Å². The van der Waals surface area contributed by atoms with Crippen molar-refractivity contribution in [3.05, 3.63) is 59.9 Å². The summed E-state index contributed by atoms with van der Waals surface area (Å²) in [4.78, 5) is 23.1. The summed E-state index contributed by atoms with van der Waals surface area (Å²) in [5, 5.41) is 0. The van der Waals surface area contributed by atoms with E-state index in [1.54, 1.807) is 7.11 Å². The first kappa shape index (κ1) is 18.5. The number of fused-ring (bicyclic) bond motifs is 1. The van der Waals surface area contributed by atoms with Crippen molar-refractivity contribution in [1.82, 2.24) is 14.9 Å². The number of H-pyrrole nitrogens is 1. The fourth-order valence-electron chi connectivity index (χ4n) is 4.07. The Bertz CT molecular complexity index is 899. The number of aryl methyl sites for hydroxylation is 1. The van der Waals surface area contributed by atoms with Gasteiger partial charge in [-0.3, -0.25) is 4.79 Å². The lowest BCUT2D eigenvalue weighted by Gasteiger charge is -2.30. The number of imidazole rings is 1. The molecule has 1 N–H and O–H groups in total. The van der Waals surface area contributed by atoms with Gasteiger partial charge < -0.3 is 14.6 Å². The number of rotatable bonds is 5. The molecular formula is C23H27N3O2.